The van der Waals surface area contributed by atoms with Gasteiger partial charge in [-0.2, -0.15) is 0 Å². The van der Waals surface area contributed by atoms with Crippen LogP contribution in [-0.4, -0.2) is 13.7 Å². The van der Waals surface area contributed by atoms with Crippen molar-refractivity contribution in [1.29, 1.82) is 0 Å². The van der Waals surface area contributed by atoms with E-state index in [1.54, 1.807) is 19.2 Å². The molecule has 1 aromatic heterocycles. The first-order valence-electron chi connectivity index (χ1n) is 4.41. The Kier molecular flexibility index (Phi) is 3.61. The molecule has 0 radical (unpaired) electrons. The van der Waals surface area contributed by atoms with Gasteiger partial charge in [0.25, 0.3) is 0 Å². The van der Waals surface area contributed by atoms with Gasteiger partial charge in [0.15, 0.2) is 9.84 Å². The largest absolute Gasteiger partial charge is 0.223 e. The number of rotatable bonds is 3. The molecule has 0 amide bonds. The summed E-state index contributed by atoms with van der Waals surface area (Å²) in [5, 5.41) is 1.63. The van der Waals surface area contributed by atoms with Gasteiger partial charge in [-0.1, -0.05) is 18.5 Å². The summed E-state index contributed by atoms with van der Waals surface area (Å²) in [5.41, 5.74) is 0. The smallest absolute Gasteiger partial charge is 0.182 e. The van der Waals surface area contributed by atoms with Gasteiger partial charge in [0, 0.05) is 10.3 Å². The van der Waals surface area contributed by atoms with Crippen molar-refractivity contribution >= 4 is 32.8 Å². The van der Waals surface area contributed by atoms with Gasteiger partial charge in [-0.3, -0.25) is 0 Å². The average molecular weight is 253 g/mol. The molecule has 0 saturated carbocycles. The summed E-state index contributed by atoms with van der Waals surface area (Å²) in [4.78, 5) is 1.22. The molecule has 0 aromatic carbocycles. The van der Waals surface area contributed by atoms with E-state index < -0.39 is 15.1 Å². The maximum atomic E-state index is 11.8. The highest BCUT2D eigenvalue weighted by atomic mass is 35.5. The zero-order valence-electron chi connectivity index (χ0n) is 8.37. The lowest BCUT2D eigenvalue weighted by atomic mass is 10.4. The Morgan fingerprint density at radius 3 is 2.43 bits per heavy atom. The Labute approximate surface area is 93.8 Å². The minimum Gasteiger partial charge on any atom is -0.223 e. The fourth-order valence-electron chi connectivity index (χ4n) is 1.05. The quantitative estimate of drug-likeness (QED) is 0.828. The first-order chi connectivity index (χ1) is 6.41. The summed E-state index contributed by atoms with van der Waals surface area (Å²) in [6.07, 6.45) is 0.775. The second-order valence-corrected chi connectivity index (χ2v) is 7.10. The van der Waals surface area contributed by atoms with Crippen molar-refractivity contribution < 1.29 is 8.42 Å². The molecule has 0 N–H and O–H groups in total. The minimum absolute atomic E-state index is 0.288. The van der Waals surface area contributed by atoms with Crippen molar-refractivity contribution in [2.75, 3.05) is 0 Å². The zero-order chi connectivity index (χ0) is 10.9. The average Bonchev–Trinajstić information content (AvgIpc) is 2.46. The van der Waals surface area contributed by atoms with Crippen LogP contribution >= 0.6 is 22.9 Å². The number of aryl methyl sites for hydroxylation is 1. The van der Waals surface area contributed by atoms with E-state index >= 15 is 0 Å². The van der Waals surface area contributed by atoms with Crippen molar-refractivity contribution in [2.45, 2.75) is 37.3 Å². The monoisotopic (exact) mass is 252 g/mol. The molecular formula is C9H13ClO2S2. The SMILES string of the molecule is CCc1scc(S(=O)(=O)C(C)C)c1Cl. The summed E-state index contributed by atoms with van der Waals surface area (Å²) in [5.74, 6) is 0. The van der Waals surface area contributed by atoms with Crippen LogP contribution in [0.15, 0.2) is 10.3 Å². The summed E-state index contributed by atoms with van der Waals surface area (Å²) in [7, 11) is -3.22. The highest BCUT2D eigenvalue weighted by molar-refractivity contribution is 7.92. The first kappa shape index (κ1) is 12.0. The molecule has 0 saturated heterocycles. The van der Waals surface area contributed by atoms with Crippen LogP contribution in [0.25, 0.3) is 0 Å². The van der Waals surface area contributed by atoms with Crippen molar-refractivity contribution in [1.82, 2.24) is 0 Å². The van der Waals surface area contributed by atoms with Crippen LogP contribution in [0.1, 0.15) is 25.6 Å². The van der Waals surface area contributed by atoms with Crippen molar-refractivity contribution in [3.05, 3.63) is 15.3 Å². The molecule has 0 bridgehead atoms. The lowest BCUT2D eigenvalue weighted by Crippen LogP contribution is -2.13. The van der Waals surface area contributed by atoms with Crippen molar-refractivity contribution in [2.24, 2.45) is 0 Å². The van der Waals surface area contributed by atoms with Crippen molar-refractivity contribution in [3.8, 4) is 0 Å². The molecule has 0 aliphatic carbocycles. The molecule has 5 heteroatoms. The van der Waals surface area contributed by atoms with Gasteiger partial charge in [-0.05, 0) is 20.3 Å². The van der Waals surface area contributed by atoms with E-state index in [0.29, 0.717) is 5.02 Å². The Morgan fingerprint density at radius 2 is 2.07 bits per heavy atom. The highest BCUT2D eigenvalue weighted by Gasteiger charge is 2.24. The van der Waals surface area contributed by atoms with Crippen LogP contribution < -0.4 is 0 Å². The third-order valence-corrected chi connectivity index (χ3v) is 6.13. The molecular weight excluding hydrogens is 240 g/mol. The van der Waals surface area contributed by atoms with Crippen molar-refractivity contribution in [3.63, 3.8) is 0 Å². The van der Waals surface area contributed by atoms with E-state index in [1.807, 2.05) is 6.92 Å². The number of hydrogen-bond donors (Lipinski definition) is 0. The molecule has 1 rings (SSSR count). The van der Waals surface area contributed by atoms with Gasteiger partial charge in [0.1, 0.15) is 0 Å². The Morgan fingerprint density at radius 1 is 1.50 bits per heavy atom. The molecule has 1 heterocycles. The molecule has 0 fully saturated rings. The lowest BCUT2D eigenvalue weighted by molar-refractivity contribution is 0.588. The van der Waals surface area contributed by atoms with Crippen LogP contribution in [0.2, 0.25) is 5.02 Å². The maximum absolute atomic E-state index is 11.8. The number of hydrogen-bond acceptors (Lipinski definition) is 3. The van der Waals surface area contributed by atoms with Crippen LogP contribution in [-0.2, 0) is 16.3 Å². The van der Waals surface area contributed by atoms with Crippen LogP contribution in [0.3, 0.4) is 0 Å². The van der Waals surface area contributed by atoms with Gasteiger partial charge in [0.05, 0.1) is 15.2 Å². The Balaban J connectivity index is 3.28. The number of thiophene rings is 1. The fourth-order valence-corrected chi connectivity index (χ4v) is 4.13. The molecule has 0 spiro atoms. The summed E-state index contributed by atoms with van der Waals surface area (Å²) in [6.45, 7) is 5.29. The molecule has 0 atom stereocenters. The first-order valence-corrected chi connectivity index (χ1v) is 7.21. The van der Waals surface area contributed by atoms with Crippen LogP contribution in [0.4, 0.5) is 0 Å². The van der Waals surface area contributed by atoms with E-state index in [4.69, 9.17) is 11.6 Å². The molecule has 14 heavy (non-hydrogen) atoms. The number of halogens is 1. The van der Waals surface area contributed by atoms with E-state index in [9.17, 15) is 8.42 Å². The van der Waals surface area contributed by atoms with Crippen LogP contribution in [0.5, 0.6) is 0 Å². The fraction of sp³-hybridized carbons (Fsp3) is 0.556. The lowest BCUT2D eigenvalue weighted by Gasteiger charge is -2.05. The van der Waals surface area contributed by atoms with E-state index in [-0.39, 0.29) is 4.90 Å². The number of sulfone groups is 1. The zero-order valence-corrected chi connectivity index (χ0v) is 10.8. The molecule has 1 aromatic rings. The normalized spacial score (nSPS) is 12.4. The molecule has 2 nitrogen and oxygen atoms in total. The van der Waals surface area contributed by atoms with Gasteiger partial charge in [-0.25, -0.2) is 8.42 Å². The third kappa shape index (κ3) is 1.97. The second kappa shape index (κ2) is 4.21. The molecule has 0 unspecified atom stereocenters. The topological polar surface area (TPSA) is 34.1 Å². The van der Waals surface area contributed by atoms with E-state index in [1.165, 1.54) is 11.3 Å². The summed E-state index contributed by atoms with van der Waals surface area (Å²) >= 11 is 7.39. The van der Waals surface area contributed by atoms with Gasteiger partial charge >= 0.3 is 0 Å². The molecule has 0 aliphatic rings. The van der Waals surface area contributed by atoms with Gasteiger partial charge < -0.3 is 0 Å². The standard InChI is InChI=1S/C9H13ClO2S2/c1-4-7-9(10)8(5-13-7)14(11,12)6(2)3/h5-6H,4H2,1-3H3. The molecule has 0 aliphatic heterocycles. The van der Waals surface area contributed by atoms with Gasteiger partial charge in [0.2, 0.25) is 0 Å². The Bertz CT molecular complexity index is 418. The highest BCUT2D eigenvalue weighted by Crippen LogP contribution is 2.33. The van der Waals surface area contributed by atoms with Gasteiger partial charge in [-0.15, -0.1) is 11.3 Å². The van der Waals surface area contributed by atoms with E-state index in [2.05, 4.69) is 0 Å². The Hall–Kier alpha value is -0.0600. The summed E-state index contributed by atoms with van der Waals surface area (Å²) < 4.78 is 23.6. The second-order valence-electron chi connectivity index (χ2n) is 3.28. The van der Waals surface area contributed by atoms with Crippen LogP contribution in [0, 0.1) is 0 Å². The third-order valence-electron chi connectivity index (χ3n) is 2.02. The van der Waals surface area contributed by atoms with E-state index in [0.717, 1.165) is 11.3 Å². The predicted octanol–water partition coefficient (Wildman–Crippen LogP) is 3.15. The molecule has 80 valence electrons. The maximum Gasteiger partial charge on any atom is 0.182 e. The minimum atomic E-state index is -3.22. The predicted molar refractivity (Wildman–Crippen MR) is 61.0 cm³/mol. The summed E-state index contributed by atoms with van der Waals surface area (Å²) in [6, 6.07) is 0.